The van der Waals surface area contributed by atoms with E-state index in [1.54, 1.807) is 7.11 Å². The summed E-state index contributed by atoms with van der Waals surface area (Å²) in [6, 6.07) is 7.47. The predicted octanol–water partition coefficient (Wildman–Crippen LogP) is 1.95. The van der Waals surface area contributed by atoms with E-state index >= 15 is 0 Å². The SMILES string of the molecule is CCc1ccc(N(CCCC(=O)NCCCOC)S(C)(=O)=O)cc1. The number of carbonyl (C=O) groups excluding carboxylic acids is 1. The molecule has 136 valence electrons. The Labute approximate surface area is 145 Å². The molecule has 0 saturated carbocycles. The van der Waals surface area contributed by atoms with E-state index in [0.29, 0.717) is 31.7 Å². The van der Waals surface area contributed by atoms with Crippen molar-refractivity contribution < 1.29 is 17.9 Å². The second-order valence-electron chi connectivity index (χ2n) is 5.65. The molecule has 0 fully saturated rings. The van der Waals surface area contributed by atoms with Crippen LogP contribution in [0, 0.1) is 0 Å². The zero-order chi connectivity index (χ0) is 18.0. The molecule has 0 bridgehead atoms. The van der Waals surface area contributed by atoms with Gasteiger partial charge in [0.15, 0.2) is 0 Å². The third-order valence-electron chi connectivity index (χ3n) is 3.65. The van der Waals surface area contributed by atoms with Gasteiger partial charge < -0.3 is 10.1 Å². The van der Waals surface area contributed by atoms with E-state index < -0.39 is 10.0 Å². The molecule has 1 amide bonds. The molecule has 1 N–H and O–H groups in total. The summed E-state index contributed by atoms with van der Waals surface area (Å²) < 4.78 is 30.3. The second kappa shape index (κ2) is 10.3. The number of nitrogens with zero attached hydrogens (tertiary/aromatic N) is 1. The van der Waals surface area contributed by atoms with Gasteiger partial charge in [-0.3, -0.25) is 9.10 Å². The van der Waals surface area contributed by atoms with Crippen LogP contribution >= 0.6 is 0 Å². The fourth-order valence-electron chi connectivity index (χ4n) is 2.30. The van der Waals surface area contributed by atoms with Crippen LogP contribution in [0.3, 0.4) is 0 Å². The molecule has 1 aromatic carbocycles. The molecule has 6 nitrogen and oxygen atoms in total. The average Bonchev–Trinajstić information content (AvgIpc) is 2.55. The van der Waals surface area contributed by atoms with Gasteiger partial charge in [-0.05, 0) is 37.0 Å². The van der Waals surface area contributed by atoms with Gasteiger partial charge in [-0.25, -0.2) is 8.42 Å². The van der Waals surface area contributed by atoms with Crippen molar-refractivity contribution in [1.29, 1.82) is 0 Å². The van der Waals surface area contributed by atoms with Crippen molar-refractivity contribution in [2.24, 2.45) is 0 Å². The molecule has 1 rings (SSSR count). The lowest BCUT2D eigenvalue weighted by atomic mass is 10.1. The average molecular weight is 356 g/mol. The predicted molar refractivity (Wildman–Crippen MR) is 96.7 cm³/mol. The van der Waals surface area contributed by atoms with Crippen LogP contribution in [-0.2, 0) is 26.0 Å². The number of methoxy groups -OCH3 is 1. The number of anilines is 1. The summed E-state index contributed by atoms with van der Waals surface area (Å²) in [5.41, 5.74) is 1.79. The van der Waals surface area contributed by atoms with E-state index in [1.807, 2.05) is 24.3 Å². The van der Waals surface area contributed by atoms with E-state index in [-0.39, 0.29) is 12.5 Å². The summed E-state index contributed by atoms with van der Waals surface area (Å²) in [6.07, 6.45) is 3.63. The Bertz CT molecular complexity index is 600. The van der Waals surface area contributed by atoms with Crippen molar-refractivity contribution in [3.05, 3.63) is 29.8 Å². The Morgan fingerprint density at radius 1 is 1.21 bits per heavy atom. The first kappa shape index (κ1) is 20.4. The smallest absolute Gasteiger partial charge is 0.232 e. The molecule has 0 spiro atoms. The van der Waals surface area contributed by atoms with Gasteiger partial charge in [0, 0.05) is 33.2 Å². The van der Waals surface area contributed by atoms with Gasteiger partial charge in [0.2, 0.25) is 15.9 Å². The van der Waals surface area contributed by atoms with Crippen LogP contribution < -0.4 is 9.62 Å². The fourth-order valence-corrected chi connectivity index (χ4v) is 3.27. The van der Waals surface area contributed by atoms with Crippen LogP contribution in [0.5, 0.6) is 0 Å². The van der Waals surface area contributed by atoms with Gasteiger partial charge in [-0.15, -0.1) is 0 Å². The van der Waals surface area contributed by atoms with Crippen LogP contribution in [0.1, 0.15) is 31.7 Å². The van der Waals surface area contributed by atoms with Crippen LogP contribution in [0.15, 0.2) is 24.3 Å². The minimum absolute atomic E-state index is 0.0686. The van der Waals surface area contributed by atoms with Crippen LogP contribution in [0.25, 0.3) is 0 Å². The number of ether oxygens (including phenoxy) is 1. The number of carbonyl (C=O) groups is 1. The Hall–Kier alpha value is -1.60. The number of hydrogen-bond donors (Lipinski definition) is 1. The number of hydrogen-bond acceptors (Lipinski definition) is 4. The normalized spacial score (nSPS) is 11.3. The zero-order valence-corrected chi connectivity index (χ0v) is 15.6. The first-order chi connectivity index (χ1) is 11.4. The number of aryl methyl sites for hydroxylation is 1. The van der Waals surface area contributed by atoms with Gasteiger partial charge in [0.05, 0.1) is 11.9 Å². The number of sulfonamides is 1. The molecule has 1 aromatic rings. The largest absolute Gasteiger partial charge is 0.385 e. The molecule has 0 aromatic heterocycles. The summed E-state index contributed by atoms with van der Waals surface area (Å²) in [7, 11) is -1.75. The molecule has 0 heterocycles. The summed E-state index contributed by atoms with van der Waals surface area (Å²) in [5.74, 6) is -0.0686. The Morgan fingerprint density at radius 2 is 1.88 bits per heavy atom. The Balaban J connectivity index is 2.54. The van der Waals surface area contributed by atoms with E-state index in [9.17, 15) is 13.2 Å². The summed E-state index contributed by atoms with van der Waals surface area (Å²) in [4.78, 5) is 11.7. The van der Waals surface area contributed by atoms with Crippen LogP contribution in [-0.4, -0.2) is 47.4 Å². The monoisotopic (exact) mass is 356 g/mol. The topological polar surface area (TPSA) is 75.7 Å². The lowest BCUT2D eigenvalue weighted by Gasteiger charge is -2.22. The first-order valence-electron chi connectivity index (χ1n) is 8.20. The van der Waals surface area contributed by atoms with Gasteiger partial charge in [-0.2, -0.15) is 0 Å². The molecule has 0 aliphatic carbocycles. The highest BCUT2D eigenvalue weighted by Gasteiger charge is 2.17. The first-order valence-corrected chi connectivity index (χ1v) is 10.1. The molecule has 0 aliphatic heterocycles. The van der Waals surface area contributed by atoms with E-state index in [0.717, 1.165) is 18.4 Å². The standard InChI is InChI=1S/C17H28N2O4S/c1-4-15-8-10-16(11-9-15)19(24(3,21)22)13-5-7-17(20)18-12-6-14-23-2/h8-11H,4-7,12-14H2,1-3H3,(H,18,20). The molecule has 7 heteroatoms. The van der Waals surface area contributed by atoms with Crippen molar-refractivity contribution >= 4 is 21.6 Å². The van der Waals surface area contributed by atoms with E-state index in [1.165, 1.54) is 10.6 Å². The van der Waals surface area contributed by atoms with Crippen LogP contribution in [0.4, 0.5) is 5.69 Å². The van der Waals surface area contributed by atoms with Crippen LogP contribution in [0.2, 0.25) is 0 Å². The van der Waals surface area contributed by atoms with Gasteiger partial charge in [0.25, 0.3) is 0 Å². The maximum atomic E-state index is 12.0. The molecule has 24 heavy (non-hydrogen) atoms. The minimum Gasteiger partial charge on any atom is -0.385 e. The molecule has 0 unspecified atom stereocenters. The second-order valence-corrected chi connectivity index (χ2v) is 7.56. The molecule has 0 atom stereocenters. The summed E-state index contributed by atoms with van der Waals surface area (Å²) >= 11 is 0. The molecular weight excluding hydrogens is 328 g/mol. The van der Waals surface area contributed by atoms with Crippen molar-refractivity contribution in [2.75, 3.05) is 37.4 Å². The maximum Gasteiger partial charge on any atom is 0.232 e. The summed E-state index contributed by atoms with van der Waals surface area (Å²) in [5, 5.41) is 2.80. The fraction of sp³-hybridized carbons (Fsp3) is 0.588. The van der Waals surface area contributed by atoms with E-state index in [2.05, 4.69) is 12.2 Å². The minimum atomic E-state index is -3.37. The van der Waals surface area contributed by atoms with Crippen molar-refractivity contribution in [1.82, 2.24) is 5.32 Å². The highest BCUT2D eigenvalue weighted by molar-refractivity contribution is 7.92. The number of rotatable bonds is 11. The third kappa shape index (κ3) is 7.31. The van der Waals surface area contributed by atoms with Gasteiger partial charge in [-0.1, -0.05) is 19.1 Å². The van der Waals surface area contributed by atoms with Crippen molar-refractivity contribution in [2.45, 2.75) is 32.6 Å². The Morgan fingerprint density at radius 3 is 2.42 bits per heavy atom. The quantitative estimate of drug-likeness (QED) is 0.615. The number of amides is 1. The number of benzene rings is 1. The Kier molecular flexibility index (Phi) is 8.78. The lowest BCUT2D eigenvalue weighted by molar-refractivity contribution is -0.121. The molecular formula is C17H28N2O4S. The molecule has 0 saturated heterocycles. The zero-order valence-electron chi connectivity index (χ0n) is 14.7. The maximum absolute atomic E-state index is 12.0. The molecule has 0 aliphatic rings. The van der Waals surface area contributed by atoms with Gasteiger partial charge >= 0.3 is 0 Å². The van der Waals surface area contributed by atoms with Gasteiger partial charge in [0.1, 0.15) is 0 Å². The number of nitrogens with one attached hydrogen (secondary N) is 1. The lowest BCUT2D eigenvalue weighted by Crippen LogP contribution is -2.32. The third-order valence-corrected chi connectivity index (χ3v) is 4.84. The van der Waals surface area contributed by atoms with Crippen molar-refractivity contribution in [3.8, 4) is 0 Å². The van der Waals surface area contributed by atoms with Crippen molar-refractivity contribution in [3.63, 3.8) is 0 Å². The highest BCUT2D eigenvalue weighted by Crippen LogP contribution is 2.19. The van der Waals surface area contributed by atoms with E-state index in [4.69, 9.17) is 4.74 Å². The summed E-state index contributed by atoms with van der Waals surface area (Å²) in [6.45, 7) is 3.52. The molecule has 0 radical (unpaired) electrons. The highest BCUT2D eigenvalue weighted by atomic mass is 32.2.